The van der Waals surface area contributed by atoms with Crippen molar-refractivity contribution in [1.82, 2.24) is 0 Å². The molecule has 0 saturated heterocycles. The van der Waals surface area contributed by atoms with Crippen LogP contribution >= 0.6 is 11.8 Å². The molecule has 0 aromatic heterocycles. The van der Waals surface area contributed by atoms with Gasteiger partial charge in [0.05, 0.1) is 13.0 Å². The van der Waals surface area contributed by atoms with Crippen LogP contribution < -0.4 is 0 Å². The van der Waals surface area contributed by atoms with Gasteiger partial charge in [-0.2, -0.15) is 0 Å². The van der Waals surface area contributed by atoms with E-state index >= 15 is 0 Å². The molecule has 1 aliphatic heterocycles. The number of hydrogen-bond acceptors (Lipinski definition) is 3. The largest absolute Gasteiger partial charge is 0.466 e. The van der Waals surface area contributed by atoms with Crippen LogP contribution in [0.1, 0.15) is 55.0 Å². The molecule has 2 nitrogen and oxygen atoms in total. The monoisotopic (exact) mass is 378 g/mol. The Labute approximate surface area is 166 Å². The molecule has 0 bridgehead atoms. The summed E-state index contributed by atoms with van der Waals surface area (Å²) >= 11 is 1.95. The highest BCUT2D eigenvalue weighted by Crippen LogP contribution is 2.42. The highest BCUT2D eigenvalue weighted by molar-refractivity contribution is 7.99. The fourth-order valence-electron chi connectivity index (χ4n) is 3.24. The molecule has 2 aromatic rings. The van der Waals surface area contributed by atoms with Gasteiger partial charge in [0.15, 0.2) is 0 Å². The smallest absolute Gasteiger partial charge is 0.310 e. The number of ether oxygens (including phenoxy) is 1. The Morgan fingerprint density at radius 3 is 2.63 bits per heavy atom. The molecular weight excluding hydrogens is 352 g/mol. The van der Waals surface area contributed by atoms with E-state index in [-0.39, 0.29) is 11.4 Å². The second kappa shape index (κ2) is 8.23. The molecule has 0 unspecified atom stereocenters. The van der Waals surface area contributed by atoms with Crippen molar-refractivity contribution in [2.24, 2.45) is 0 Å². The van der Waals surface area contributed by atoms with Gasteiger partial charge >= 0.3 is 5.97 Å². The van der Waals surface area contributed by atoms with Crippen LogP contribution in [0.25, 0.3) is 0 Å². The van der Waals surface area contributed by atoms with Crippen LogP contribution in [0.2, 0.25) is 0 Å². The predicted molar refractivity (Wildman–Crippen MR) is 112 cm³/mol. The van der Waals surface area contributed by atoms with Gasteiger partial charge in [0, 0.05) is 16.0 Å². The second-order valence-corrected chi connectivity index (χ2v) is 8.71. The Balaban J connectivity index is 1.81. The number of esters is 1. The number of rotatable bonds is 3. The van der Waals surface area contributed by atoms with E-state index in [1.165, 1.54) is 28.2 Å². The van der Waals surface area contributed by atoms with Crippen LogP contribution in [0.15, 0.2) is 41.3 Å². The molecule has 0 N–H and O–H groups in total. The average molecular weight is 379 g/mol. The number of benzene rings is 2. The lowest BCUT2D eigenvalue weighted by molar-refractivity contribution is -0.142. The molecule has 0 spiro atoms. The van der Waals surface area contributed by atoms with Crippen molar-refractivity contribution < 1.29 is 9.53 Å². The molecule has 1 aliphatic rings. The van der Waals surface area contributed by atoms with E-state index in [4.69, 9.17) is 4.74 Å². The summed E-state index contributed by atoms with van der Waals surface area (Å²) in [5.74, 6) is 7.61. The third-order valence-corrected chi connectivity index (χ3v) is 6.05. The van der Waals surface area contributed by atoms with Crippen molar-refractivity contribution in [2.45, 2.75) is 50.8 Å². The van der Waals surface area contributed by atoms with Gasteiger partial charge in [-0.05, 0) is 72.4 Å². The molecule has 0 saturated carbocycles. The zero-order valence-corrected chi connectivity index (χ0v) is 17.3. The third kappa shape index (κ3) is 4.76. The number of thioether (sulfide) groups is 1. The molecule has 1 heterocycles. The Hall–Kier alpha value is -2.18. The van der Waals surface area contributed by atoms with Crippen LogP contribution in [0.4, 0.5) is 0 Å². The summed E-state index contributed by atoms with van der Waals surface area (Å²) in [4.78, 5) is 13.0. The van der Waals surface area contributed by atoms with E-state index in [9.17, 15) is 4.79 Å². The first-order valence-electron chi connectivity index (χ1n) is 9.43. The Morgan fingerprint density at radius 2 is 1.93 bits per heavy atom. The van der Waals surface area contributed by atoms with Gasteiger partial charge < -0.3 is 4.74 Å². The van der Waals surface area contributed by atoms with Gasteiger partial charge in [-0.15, -0.1) is 11.8 Å². The summed E-state index contributed by atoms with van der Waals surface area (Å²) in [6.07, 6.45) is 1.50. The summed E-state index contributed by atoms with van der Waals surface area (Å²) in [7, 11) is 0. The van der Waals surface area contributed by atoms with Crippen molar-refractivity contribution in [3.63, 3.8) is 0 Å². The molecule has 3 heteroatoms. The van der Waals surface area contributed by atoms with E-state index in [0.717, 1.165) is 16.7 Å². The van der Waals surface area contributed by atoms with E-state index in [0.29, 0.717) is 13.0 Å². The number of hydrogen-bond donors (Lipinski definition) is 0. The Kier molecular flexibility index (Phi) is 5.97. The molecule has 2 aromatic carbocycles. The average Bonchev–Trinajstić information content (AvgIpc) is 2.61. The molecule has 0 fully saturated rings. The minimum Gasteiger partial charge on any atom is -0.466 e. The van der Waals surface area contributed by atoms with E-state index in [2.05, 4.69) is 44.7 Å². The van der Waals surface area contributed by atoms with Gasteiger partial charge in [-0.1, -0.05) is 37.8 Å². The van der Waals surface area contributed by atoms with Gasteiger partial charge in [0.25, 0.3) is 0 Å². The van der Waals surface area contributed by atoms with E-state index in [1.54, 1.807) is 0 Å². The van der Waals surface area contributed by atoms with E-state index in [1.807, 2.05) is 43.0 Å². The van der Waals surface area contributed by atoms with Crippen LogP contribution in [0.5, 0.6) is 0 Å². The predicted octanol–water partition coefficient (Wildman–Crippen LogP) is 5.27. The first-order chi connectivity index (χ1) is 12.9. The molecule has 0 aliphatic carbocycles. The fraction of sp³-hybridized carbons (Fsp3) is 0.375. The van der Waals surface area contributed by atoms with Crippen LogP contribution in [0.3, 0.4) is 0 Å². The van der Waals surface area contributed by atoms with Gasteiger partial charge in [-0.3, -0.25) is 4.79 Å². The van der Waals surface area contributed by atoms with Crippen molar-refractivity contribution >= 4 is 17.7 Å². The van der Waals surface area contributed by atoms with Crippen LogP contribution in [-0.2, 0) is 21.4 Å². The first-order valence-corrected chi connectivity index (χ1v) is 10.4. The molecule has 3 rings (SSSR count). The molecule has 140 valence electrons. The normalized spacial score (nSPS) is 14.7. The van der Waals surface area contributed by atoms with Crippen molar-refractivity contribution in [3.05, 3.63) is 64.2 Å². The summed E-state index contributed by atoms with van der Waals surface area (Å²) in [6, 6.07) is 12.4. The van der Waals surface area contributed by atoms with Crippen LogP contribution in [0, 0.1) is 18.8 Å². The maximum atomic E-state index is 11.6. The number of fused-ring (bicyclic) bond motifs is 1. The van der Waals surface area contributed by atoms with E-state index < -0.39 is 0 Å². The summed E-state index contributed by atoms with van der Waals surface area (Å²) in [5, 5.41) is 0. The molecular formula is C24H26O2S. The first kappa shape index (κ1) is 19.6. The summed E-state index contributed by atoms with van der Waals surface area (Å²) < 4.78 is 4.99. The SMILES string of the molecule is CCOC(=O)Cc1ccc(C#Cc2cc3c(cc2C)SCCC3(C)C)cc1. The minimum absolute atomic E-state index is 0.193. The van der Waals surface area contributed by atoms with Crippen molar-refractivity contribution in [2.75, 3.05) is 12.4 Å². The van der Waals surface area contributed by atoms with Gasteiger partial charge in [-0.25, -0.2) is 0 Å². The number of carbonyl (C=O) groups excluding carboxylic acids is 1. The quantitative estimate of drug-likeness (QED) is 0.537. The van der Waals surface area contributed by atoms with Gasteiger partial charge in [0.2, 0.25) is 0 Å². The Morgan fingerprint density at radius 1 is 1.19 bits per heavy atom. The standard InChI is InChI=1S/C24H26O2S/c1-5-26-23(25)15-19-8-6-18(7-9-19)10-11-20-16-21-22(14-17(20)2)27-13-12-24(21,3)4/h6-9,14,16H,5,12-13,15H2,1-4H3. The lowest BCUT2D eigenvalue weighted by Crippen LogP contribution is -2.23. The fourth-order valence-corrected chi connectivity index (χ4v) is 4.82. The second-order valence-electron chi connectivity index (χ2n) is 7.57. The summed E-state index contributed by atoms with van der Waals surface area (Å²) in [6.45, 7) is 9.01. The lowest BCUT2D eigenvalue weighted by Gasteiger charge is -2.32. The number of carbonyl (C=O) groups is 1. The minimum atomic E-state index is -0.193. The highest BCUT2D eigenvalue weighted by Gasteiger charge is 2.28. The molecule has 0 amide bonds. The number of aryl methyl sites for hydroxylation is 1. The summed E-state index contributed by atoms with van der Waals surface area (Å²) in [5.41, 5.74) is 5.85. The zero-order chi connectivity index (χ0) is 19.4. The van der Waals surface area contributed by atoms with Crippen LogP contribution in [-0.4, -0.2) is 18.3 Å². The highest BCUT2D eigenvalue weighted by atomic mass is 32.2. The van der Waals surface area contributed by atoms with Crippen molar-refractivity contribution in [1.29, 1.82) is 0 Å². The molecule has 0 radical (unpaired) electrons. The van der Waals surface area contributed by atoms with Gasteiger partial charge in [0.1, 0.15) is 0 Å². The maximum Gasteiger partial charge on any atom is 0.310 e. The lowest BCUT2D eigenvalue weighted by atomic mass is 9.80. The zero-order valence-electron chi connectivity index (χ0n) is 16.5. The maximum absolute atomic E-state index is 11.6. The van der Waals surface area contributed by atoms with Crippen molar-refractivity contribution in [3.8, 4) is 11.8 Å². The molecule has 27 heavy (non-hydrogen) atoms. The Bertz CT molecular complexity index is 898. The topological polar surface area (TPSA) is 26.3 Å². The third-order valence-electron chi connectivity index (χ3n) is 4.99. The molecule has 0 atom stereocenters.